The molecule has 0 fully saturated rings. The van der Waals surface area contributed by atoms with Gasteiger partial charge in [-0.1, -0.05) is 5.16 Å². The number of thioether (sulfide) groups is 1. The van der Waals surface area contributed by atoms with E-state index in [4.69, 9.17) is 10.3 Å². The summed E-state index contributed by atoms with van der Waals surface area (Å²) in [5, 5.41) is 6.64. The van der Waals surface area contributed by atoms with Gasteiger partial charge in [-0.25, -0.2) is 4.98 Å². The Morgan fingerprint density at radius 2 is 2.19 bits per heavy atom. The van der Waals surface area contributed by atoms with E-state index in [0.717, 1.165) is 17.0 Å². The summed E-state index contributed by atoms with van der Waals surface area (Å²) in [6, 6.07) is 3.37. The van der Waals surface area contributed by atoms with Gasteiger partial charge in [-0.05, 0) is 26.0 Å². The molecule has 0 saturated carbocycles. The maximum absolute atomic E-state index is 11.8. The molecule has 1 amide bonds. The van der Waals surface area contributed by atoms with E-state index < -0.39 is 0 Å². The summed E-state index contributed by atoms with van der Waals surface area (Å²) in [5.74, 6) is 2.21. The number of amides is 1. The zero-order valence-corrected chi connectivity index (χ0v) is 13.4. The Morgan fingerprint density at radius 1 is 1.43 bits per heavy atom. The molecule has 2 aromatic rings. The molecule has 0 unspecified atom stereocenters. The molecule has 114 valence electrons. The van der Waals surface area contributed by atoms with Gasteiger partial charge in [0.2, 0.25) is 5.91 Å². The van der Waals surface area contributed by atoms with Crippen molar-refractivity contribution in [2.45, 2.75) is 19.6 Å². The number of nitrogens with two attached hydrogens (primary N) is 1. The highest BCUT2D eigenvalue weighted by molar-refractivity contribution is 7.99. The number of nitrogen functional groups attached to an aromatic ring is 1. The number of carbonyl (C=O) groups is 1. The number of hydrogen-bond acceptors (Lipinski definition) is 6. The molecule has 2 heterocycles. The van der Waals surface area contributed by atoms with Gasteiger partial charge >= 0.3 is 0 Å². The van der Waals surface area contributed by atoms with Crippen LogP contribution in [0.25, 0.3) is 0 Å². The second-order valence-corrected chi connectivity index (χ2v) is 5.30. The predicted molar refractivity (Wildman–Crippen MR) is 86.7 cm³/mol. The molecule has 3 N–H and O–H groups in total. The number of nitrogens with zero attached hydrogens (tertiary/aromatic N) is 2. The van der Waals surface area contributed by atoms with Gasteiger partial charge in [0.25, 0.3) is 0 Å². The minimum absolute atomic E-state index is 0. The Hall–Kier alpha value is -1.73. The molecule has 0 radical (unpaired) electrons. The van der Waals surface area contributed by atoms with Crippen molar-refractivity contribution in [2.75, 3.05) is 16.8 Å². The lowest BCUT2D eigenvalue weighted by Gasteiger charge is -2.05. The summed E-state index contributed by atoms with van der Waals surface area (Å²) in [6.07, 6.45) is 1.53. The summed E-state index contributed by atoms with van der Waals surface area (Å²) in [7, 11) is 0. The van der Waals surface area contributed by atoms with Crippen LogP contribution in [0.3, 0.4) is 0 Å². The Morgan fingerprint density at radius 3 is 2.76 bits per heavy atom. The highest BCUT2D eigenvalue weighted by Gasteiger charge is 2.10. The van der Waals surface area contributed by atoms with Crippen LogP contribution >= 0.6 is 24.2 Å². The fraction of sp³-hybridized carbons (Fsp3) is 0.308. The Labute approximate surface area is 133 Å². The first-order chi connectivity index (χ1) is 9.56. The van der Waals surface area contributed by atoms with E-state index in [2.05, 4.69) is 15.5 Å². The predicted octanol–water partition coefficient (Wildman–Crippen LogP) is 2.56. The third-order valence-corrected chi connectivity index (χ3v) is 3.69. The van der Waals surface area contributed by atoms with Crippen LogP contribution in [0.15, 0.2) is 22.9 Å². The van der Waals surface area contributed by atoms with Gasteiger partial charge in [0.15, 0.2) is 0 Å². The van der Waals surface area contributed by atoms with Crippen molar-refractivity contribution in [3.63, 3.8) is 0 Å². The van der Waals surface area contributed by atoms with Crippen molar-refractivity contribution >= 4 is 41.6 Å². The van der Waals surface area contributed by atoms with E-state index in [1.807, 2.05) is 13.8 Å². The summed E-state index contributed by atoms with van der Waals surface area (Å²) in [4.78, 5) is 15.7. The molecule has 0 aliphatic carbocycles. The van der Waals surface area contributed by atoms with Crippen LogP contribution in [0.5, 0.6) is 0 Å². The Bertz CT molecular complexity index is 581. The van der Waals surface area contributed by atoms with E-state index >= 15 is 0 Å². The van der Waals surface area contributed by atoms with Crippen molar-refractivity contribution < 1.29 is 9.32 Å². The zero-order chi connectivity index (χ0) is 14.5. The van der Waals surface area contributed by atoms with E-state index in [-0.39, 0.29) is 18.3 Å². The molecule has 0 aliphatic rings. The lowest BCUT2D eigenvalue weighted by Crippen LogP contribution is -2.14. The summed E-state index contributed by atoms with van der Waals surface area (Å²) >= 11 is 1.51. The van der Waals surface area contributed by atoms with E-state index in [9.17, 15) is 4.79 Å². The molecule has 0 bridgehead atoms. The van der Waals surface area contributed by atoms with Gasteiger partial charge < -0.3 is 15.6 Å². The van der Waals surface area contributed by atoms with E-state index in [0.29, 0.717) is 23.0 Å². The SMILES string of the molecule is Cc1noc(C)c1CSCC(=O)Nc1ccc(N)nc1.Cl. The highest BCUT2D eigenvalue weighted by atomic mass is 35.5. The van der Waals surface area contributed by atoms with Gasteiger partial charge in [0.05, 0.1) is 23.3 Å². The second kappa shape index (κ2) is 7.90. The molecule has 21 heavy (non-hydrogen) atoms. The third kappa shape index (κ3) is 4.95. The number of carbonyl (C=O) groups excluding carboxylic acids is 1. The molecule has 0 atom stereocenters. The summed E-state index contributed by atoms with van der Waals surface area (Å²) in [5.41, 5.74) is 8.04. The Kier molecular flexibility index (Phi) is 6.51. The van der Waals surface area contributed by atoms with Gasteiger partial charge in [-0.15, -0.1) is 24.2 Å². The van der Waals surface area contributed by atoms with Gasteiger partial charge in [0.1, 0.15) is 11.6 Å². The van der Waals surface area contributed by atoms with E-state index in [1.165, 1.54) is 18.0 Å². The fourth-order valence-electron chi connectivity index (χ4n) is 1.63. The molecule has 6 nitrogen and oxygen atoms in total. The van der Waals surface area contributed by atoms with Crippen LogP contribution in [-0.2, 0) is 10.5 Å². The molecular weight excluding hydrogens is 312 g/mol. The zero-order valence-electron chi connectivity index (χ0n) is 11.8. The molecule has 8 heteroatoms. The highest BCUT2D eigenvalue weighted by Crippen LogP contribution is 2.19. The normalized spacial score (nSPS) is 10.0. The number of aromatic nitrogens is 2. The van der Waals surface area contributed by atoms with Gasteiger partial charge in [-0.3, -0.25) is 4.79 Å². The maximum Gasteiger partial charge on any atom is 0.234 e. The van der Waals surface area contributed by atoms with Gasteiger partial charge in [0, 0.05) is 11.3 Å². The first kappa shape index (κ1) is 17.3. The molecule has 0 aliphatic heterocycles. The number of hydrogen-bond donors (Lipinski definition) is 2. The second-order valence-electron chi connectivity index (χ2n) is 4.32. The molecule has 0 spiro atoms. The average molecular weight is 329 g/mol. The number of aryl methyl sites for hydroxylation is 2. The molecular formula is C13H17ClN4O2S. The van der Waals surface area contributed by atoms with Crippen molar-refractivity contribution in [1.29, 1.82) is 0 Å². The largest absolute Gasteiger partial charge is 0.384 e. The smallest absolute Gasteiger partial charge is 0.234 e. The van der Waals surface area contributed by atoms with Gasteiger partial charge in [-0.2, -0.15) is 0 Å². The fourth-order valence-corrected chi connectivity index (χ4v) is 2.61. The quantitative estimate of drug-likeness (QED) is 0.876. The Balaban J connectivity index is 0.00000220. The molecule has 2 aromatic heterocycles. The van der Waals surface area contributed by atoms with Crippen LogP contribution < -0.4 is 11.1 Å². The van der Waals surface area contributed by atoms with Crippen LogP contribution in [0, 0.1) is 13.8 Å². The van der Waals surface area contributed by atoms with Crippen LogP contribution in [-0.4, -0.2) is 21.8 Å². The van der Waals surface area contributed by atoms with Crippen molar-refractivity contribution in [3.05, 3.63) is 35.3 Å². The number of pyridine rings is 1. The number of rotatable bonds is 5. The molecule has 2 rings (SSSR count). The molecule has 0 saturated heterocycles. The summed E-state index contributed by atoms with van der Waals surface area (Å²) < 4.78 is 5.08. The monoisotopic (exact) mass is 328 g/mol. The van der Waals surface area contributed by atoms with Crippen molar-refractivity contribution in [1.82, 2.24) is 10.1 Å². The van der Waals surface area contributed by atoms with Crippen LogP contribution in [0.4, 0.5) is 11.5 Å². The van der Waals surface area contributed by atoms with Crippen LogP contribution in [0.2, 0.25) is 0 Å². The lowest BCUT2D eigenvalue weighted by atomic mass is 10.2. The van der Waals surface area contributed by atoms with E-state index in [1.54, 1.807) is 12.1 Å². The first-order valence-electron chi connectivity index (χ1n) is 6.07. The number of halogens is 1. The topological polar surface area (TPSA) is 94.0 Å². The minimum Gasteiger partial charge on any atom is -0.384 e. The standard InChI is InChI=1S/C13H16N4O2S.ClH/c1-8-11(9(2)19-17-8)6-20-7-13(18)16-10-3-4-12(14)15-5-10;/h3-5H,6-7H2,1-2H3,(H2,14,15)(H,16,18);1H. The lowest BCUT2D eigenvalue weighted by molar-refractivity contribution is -0.113. The van der Waals surface area contributed by atoms with Crippen LogP contribution in [0.1, 0.15) is 17.0 Å². The minimum atomic E-state index is -0.0756. The number of nitrogens with one attached hydrogen (secondary N) is 1. The summed E-state index contributed by atoms with van der Waals surface area (Å²) in [6.45, 7) is 3.77. The van der Waals surface area contributed by atoms with Crippen molar-refractivity contribution in [2.24, 2.45) is 0 Å². The first-order valence-corrected chi connectivity index (χ1v) is 7.22. The van der Waals surface area contributed by atoms with Crippen molar-refractivity contribution in [3.8, 4) is 0 Å². The molecule has 0 aromatic carbocycles. The maximum atomic E-state index is 11.8. The number of anilines is 2. The third-order valence-electron chi connectivity index (χ3n) is 2.73. The average Bonchev–Trinajstić information content (AvgIpc) is 2.73.